The lowest BCUT2D eigenvalue weighted by Crippen LogP contribution is -2.48. The first-order valence-electron chi connectivity index (χ1n) is 18.2. The van der Waals surface area contributed by atoms with E-state index in [1.165, 1.54) is 76.6 Å². The zero-order valence-corrected chi connectivity index (χ0v) is 31.1. The summed E-state index contributed by atoms with van der Waals surface area (Å²) in [7, 11) is 4.68. The standard InChI is InChI=1S/C41H66N5/c1-11-46(12-2,13-3)32-20-29-44-38(41(7,8)35-23-16-21-33(4)39(35)44)26-17-25-37-40(5,6)34-22-14-15-24-36(34)43(37)28-19-31-45(9,10)30-18-27-42/h14-17,21-26H,11-13,18-20,27-32,42H2,1-10H3/q+3. The Labute approximate surface area is 282 Å². The lowest BCUT2D eigenvalue weighted by molar-refractivity contribution is -0.924. The van der Waals surface area contributed by atoms with Crippen molar-refractivity contribution in [2.24, 2.45) is 5.73 Å². The predicted molar refractivity (Wildman–Crippen MR) is 200 cm³/mol. The largest absolute Gasteiger partial charge is 0.344 e. The van der Waals surface area contributed by atoms with Crippen molar-refractivity contribution < 1.29 is 13.5 Å². The molecular formula is C41H66N5+3. The van der Waals surface area contributed by atoms with Gasteiger partial charge in [0, 0.05) is 53.4 Å². The zero-order chi connectivity index (χ0) is 33.8. The van der Waals surface area contributed by atoms with Gasteiger partial charge in [-0.3, -0.25) is 0 Å². The Morgan fingerprint density at radius 1 is 0.804 bits per heavy atom. The summed E-state index contributed by atoms with van der Waals surface area (Å²) in [6, 6.07) is 15.9. The molecule has 252 valence electrons. The van der Waals surface area contributed by atoms with Gasteiger partial charge in [0.1, 0.15) is 0 Å². The molecule has 2 heterocycles. The van der Waals surface area contributed by atoms with Crippen LogP contribution < -0.4 is 10.6 Å². The van der Waals surface area contributed by atoms with Crippen molar-refractivity contribution >= 4 is 17.1 Å². The van der Waals surface area contributed by atoms with Crippen molar-refractivity contribution in [2.45, 2.75) is 85.5 Å². The molecule has 46 heavy (non-hydrogen) atoms. The summed E-state index contributed by atoms with van der Waals surface area (Å²) in [4.78, 5) is 2.60. The molecule has 5 heteroatoms. The third-order valence-electron chi connectivity index (χ3n) is 11.6. The number of allylic oxidation sites excluding steroid dienone is 4. The lowest BCUT2D eigenvalue weighted by atomic mass is 9.80. The topological polar surface area (TPSA) is 32.3 Å². The highest BCUT2D eigenvalue weighted by Crippen LogP contribution is 2.48. The summed E-state index contributed by atoms with van der Waals surface area (Å²) in [6.45, 7) is 28.9. The van der Waals surface area contributed by atoms with Crippen LogP contribution in [0.2, 0.25) is 0 Å². The van der Waals surface area contributed by atoms with Gasteiger partial charge in [-0.05, 0) is 65.8 Å². The van der Waals surface area contributed by atoms with E-state index >= 15 is 0 Å². The number of quaternary nitrogens is 2. The Bertz CT molecular complexity index is 1430. The highest BCUT2D eigenvalue weighted by atomic mass is 15.3. The number of aryl methyl sites for hydroxylation is 1. The van der Waals surface area contributed by atoms with Gasteiger partial charge in [-0.15, -0.1) is 0 Å². The Morgan fingerprint density at radius 2 is 1.46 bits per heavy atom. The summed E-state index contributed by atoms with van der Waals surface area (Å²) >= 11 is 0. The fourth-order valence-electron chi connectivity index (χ4n) is 8.26. The molecule has 2 aromatic rings. The van der Waals surface area contributed by atoms with Crippen LogP contribution in [0.1, 0.15) is 84.4 Å². The minimum atomic E-state index is -0.0539. The first-order valence-corrected chi connectivity index (χ1v) is 18.2. The molecule has 0 spiro atoms. The summed E-state index contributed by atoms with van der Waals surface area (Å²) < 4.78 is 4.87. The van der Waals surface area contributed by atoms with E-state index in [1.807, 2.05) is 0 Å². The number of fused-ring (bicyclic) bond motifs is 2. The molecule has 2 aliphatic heterocycles. The van der Waals surface area contributed by atoms with Gasteiger partial charge in [0.05, 0.1) is 65.2 Å². The second-order valence-corrected chi connectivity index (χ2v) is 15.6. The molecule has 0 aromatic heterocycles. The average molecular weight is 629 g/mol. The average Bonchev–Trinajstić information content (AvgIpc) is 3.38. The number of para-hydroxylation sites is 2. The molecule has 0 saturated carbocycles. The Morgan fingerprint density at radius 3 is 2.13 bits per heavy atom. The molecule has 5 nitrogen and oxygen atoms in total. The molecule has 0 atom stereocenters. The molecule has 2 N–H and O–H groups in total. The summed E-state index contributed by atoms with van der Waals surface area (Å²) in [5.74, 6) is 0. The van der Waals surface area contributed by atoms with E-state index in [4.69, 9.17) is 5.73 Å². The monoisotopic (exact) mass is 629 g/mol. The van der Waals surface area contributed by atoms with Crippen molar-refractivity contribution in [2.75, 3.05) is 77.9 Å². The second-order valence-electron chi connectivity index (χ2n) is 15.6. The maximum atomic E-state index is 5.84. The Kier molecular flexibility index (Phi) is 11.4. The van der Waals surface area contributed by atoms with Crippen LogP contribution in [-0.2, 0) is 10.8 Å². The minimum absolute atomic E-state index is 0.0521. The van der Waals surface area contributed by atoms with Gasteiger partial charge in [-0.1, -0.05) is 56.3 Å². The van der Waals surface area contributed by atoms with Crippen molar-refractivity contribution in [1.82, 2.24) is 0 Å². The molecule has 0 unspecified atom stereocenters. The summed E-state index contributed by atoms with van der Waals surface area (Å²) in [5, 5.41) is 0. The fourth-order valence-corrected chi connectivity index (χ4v) is 8.26. The van der Waals surface area contributed by atoms with E-state index in [1.54, 1.807) is 0 Å². The highest BCUT2D eigenvalue weighted by molar-refractivity contribution is 6.03. The Hall–Kier alpha value is -2.73. The molecule has 0 saturated heterocycles. The number of anilines is 1. The van der Waals surface area contributed by atoms with Crippen LogP contribution in [0.3, 0.4) is 0 Å². The second kappa shape index (κ2) is 14.6. The van der Waals surface area contributed by atoms with Gasteiger partial charge >= 0.3 is 0 Å². The van der Waals surface area contributed by atoms with E-state index in [0.717, 1.165) is 50.0 Å². The smallest absolute Gasteiger partial charge is 0.212 e. The highest BCUT2D eigenvalue weighted by Gasteiger charge is 2.45. The van der Waals surface area contributed by atoms with Crippen LogP contribution in [0.25, 0.3) is 0 Å². The minimum Gasteiger partial charge on any atom is -0.344 e. The molecule has 0 fully saturated rings. The number of hydrogen-bond donors (Lipinski definition) is 1. The van der Waals surface area contributed by atoms with E-state index in [-0.39, 0.29) is 10.8 Å². The van der Waals surface area contributed by atoms with Crippen molar-refractivity contribution in [1.29, 1.82) is 0 Å². The molecule has 0 aliphatic carbocycles. The normalized spacial score (nSPS) is 18.2. The van der Waals surface area contributed by atoms with Crippen LogP contribution in [0.15, 0.2) is 66.4 Å². The van der Waals surface area contributed by atoms with Crippen molar-refractivity contribution in [3.8, 4) is 0 Å². The molecular weight excluding hydrogens is 562 g/mol. The van der Waals surface area contributed by atoms with Gasteiger partial charge in [0.2, 0.25) is 5.69 Å². The third-order valence-corrected chi connectivity index (χ3v) is 11.6. The van der Waals surface area contributed by atoms with E-state index in [9.17, 15) is 0 Å². The number of hydrogen-bond acceptors (Lipinski definition) is 2. The van der Waals surface area contributed by atoms with E-state index in [2.05, 4.69) is 140 Å². The predicted octanol–water partition coefficient (Wildman–Crippen LogP) is 7.69. The van der Waals surface area contributed by atoms with Crippen LogP contribution in [-0.4, -0.2) is 92.3 Å². The van der Waals surface area contributed by atoms with Gasteiger partial charge in [0.25, 0.3) is 0 Å². The number of benzene rings is 2. The molecule has 0 amide bonds. The fraction of sp³-hybridized carbons (Fsp3) is 0.585. The molecule has 0 bridgehead atoms. The van der Waals surface area contributed by atoms with Gasteiger partial charge in [0.15, 0.2) is 12.3 Å². The van der Waals surface area contributed by atoms with E-state index < -0.39 is 0 Å². The Balaban J connectivity index is 1.68. The maximum absolute atomic E-state index is 5.84. The SMILES string of the molecule is CC[N+](CC)(CC)CCC[N+]1=C(C=CC=C2N(CCC[N+](C)(C)CCCN)c3ccccc3C2(C)C)C(C)(C)c2cccc(C)c21. The van der Waals surface area contributed by atoms with Crippen LogP contribution in [0.5, 0.6) is 0 Å². The third kappa shape index (κ3) is 7.22. The molecule has 2 aliphatic rings. The lowest BCUT2D eigenvalue weighted by Gasteiger charge is -2.35. The quantitative estimate of drug-likeness (QED) is 0.153. The number of nitrogens with zero attached hydrogens (tertiary/aromatic N) is 4. The van der Waals surface area contributed by atoms with Crippen LogP contribution >= 0.6 is 0 Å². The summed E-state index contributed by atoms with van der Waals surface area (Å²) in [6.07, 6.45) is 10.6. The zero-order valence-electron chi connectivity index (χ0n) is 31.1. The van der Waals surface area contributed by atoms with Crippen molar-refractivity contribution in [3.63, 3.8) is 0 Å². The van der Waals surface area contributed by atoms with Crippen LogP contribution in [0.4, 0.5) is 11.4 Å². The van der Waals surface area contributed by atoms with E-state index in [0.29, 0.717) is 0 Å². The summed E-state index contributed by atoms with van der Waals surface area (Å²) in [5.41, 5.74) is 15.6. The molecule has 2 aromatic carbocycles. The van der Waals surface area contributed by atoms with Crippen LogP contribution in [0, 0.1) is 6.92 Å². The maximum Gasteiger partial charge on any atom is 0.212 e. The van der Waals surface area contributed by atoms with Gasteiger partial charge in [-0.25, -0.2) is 0 Å². The first-order chi connectivity index (χ1) is 21.8. The first kappa shape index (κ1) is 36.1. The molecule has 0 radical (unpaired) electrons. The number of nitrogens with two attached hydrogens (primary N) is 1. The number of rotatable bonds is 16. The molecule has 4 rings (SSSR count). The van der Waals surface area contributed by atoms with Crippen molar-refractivity contribution in [3.05, 3.63) is 83.1 Å². The van der Waals surface area contributed by atoms with Gasteiger partial charge < -0.3 is 19.6 Å². The van der Waals surface area contributed by atoms with Gasteiger partial charge in [-0.2, -0.15) is 4.58 Å².